The Morgan fingerprint density at radius 3 is 2.83 bits per heavy atom. The van der Waals surface area contributed by atoms with Crippen molar-refractivity contribution >= 4 is 17.7 Å². The number of halogens is 1. The van der Waals surface area contributed by atoms with E-state index in [-0.39, 0.29) is 0 Å². The van der Waals surface area contributed by atoms with Crippen molar-refractivity contribution in [3.63, 3.8) is 0 Å². The van der Waals surface area contributed by atoms with Gasteiger partial charge in [-0.2, -0.15) is 0 Å². The Bertz CT molecular complexity index is 328. The van der Waals surface area contributed by atoms with Crippen LogP contribution in [-0.4, -0.2) is 5.11 Å². The van der Waals surface area contributed by atoms with Crippen LogP contribution in [0.25, 0.3) is 6.08 Å². The Morgan fingerprint density at radius 2 is 2.08 bits per heavy atom. The van der Waals surface area contributed by atoms with Crippen molar-refractivity contribution in [2.24, 2.45) is 0 Å². The maximum absolute atomic E-state index is 9.74. The summed E-state index contributed by atoms with van der Waals surface area (Å²) < 4.78 is 0. The van der Waals surface area contributed by atoms with Crippen molar-refractivity contribution in [2.45, 2.75) is 11.5 Å². The number of alkyl halides is 1. The molecule has 0 aromatic heterocycles. The van der Waals surface area contributed by atoms with Crippen LogP contribution in [-0.2, 0) is 5.06 Å². The van der Waals surface area contributed by atoms with Gasteiger partial charge >= 0.3 is 0 Å². The van der Waals surface area contributed by atoms with Crippen molar-refractivity contribution in [3.8, 4) is 0 Å². The van der Waals surface area contributed by atoms with E-state index in [0.29, 0.717) is 6.42 Å². The molecule has 0 unspecified atom stereocenters. The summed E-state index contributed by atoms with van der Waals surface area (Å²) in [7, 11) is 0. The second-order valence-corrected chi connectivity index (χ2v) is 3.58. The zero-order valence-corrected chi connectivity index (χ0v) is 7.25. The summed E-state index contributed by atoms with van der Waals surface area (Å²) in [6.07, 6.45) is 4.34. The highest BCUT2D eigenvalue weighted by atomic mass is 35.5. The standard InChI is InChI=1S/C10H9ClO/c11-10(12)7-3-5-8-4-1-2-6-9(8)10/h1-6,12H,7H2/t10-/m0/s1. The molecule has 0 spiro atoms. The average Bonchev–Trinajstić information content (AvgIpc) is 2.04. The fourth-order valence-corrected chi connectivity index (χ4v) is 1.70. The van der Waals surface area contributed by atoms with E-state index in [1.807, 2.05) is 36.4 Å². The molecule has 0 amide bonds. The van der Waals surface area contributed by atoms with Gasteiger partial charge in [-0.05, 0) is 5.56 Å². The van der Waals surface area contributed by atoms with Gasteiger partial charge in [0, 0.05) is 12.0 Å². The van der Waals surface area contributed by atoms with E-state index >= 15 is 0 Å². The lowest BCUT2D eigenvalue weighted by Crippen LogP contribution is -2.20. The first-order valence-electron chi connectivity index (χ1n) is 3.87. The van der Waals surface area contributed by atoms with E-state index in [1.54, 1.807) is 0 Å². The highest BCUT2D eigenvalue weighted by Crippen LogP contribution is 2.36. The molecule has 1 aliphatic rings. The predicted molar refractivity (Wildman–Crippen MR) is 49.8 cm³/mol. The van der Waals surface area contributed by atoms with E-state index in [4.69, 9.17) is 11.6 Å². The quantitative estimate of drug-likeness (QED) is 0.609. The third kappa shape index (κ3) is 1.15. The molecule has 0 saturated heterocycles. The first kappa shape index (κ1) is 7.84. The van der Waals surface area contributed by atoms with Crippen LogP contribution in [0.3, 0.4) is 0 Å². The minimum absolute atomic E-state index is 0.478. The lowest BCUT2D eigenvalue weighted by molar-refractivity contribution is 0.131. The molecule has 1 nitrogen and oxygen atoms in total. The molecular formula is C10H9ClO. The third-order valence-corrected chi connectivity index (χ3v) is 2.42. The SMILES string of the molecule is O[C@@]1(Cl)CC=Cc2ccccc21. The number of aliphatic hydroxyl groups is 1. The van der Waals surface area contributed by atoms with Crippen molar-refractivity contribution < 1.29 is 5.11 Å². The van der Waals surface area contributed by atoms with Crippen LogP contribution < -0.4 is 0 Å². The Morgan fingerprint density at radius 1 is 1.33 bits per heavy atom. The van der Waals surface area contributed by atoms with E-state index in [2.05, 4.69) is 0 Å². The molecule has 2 rings (SSSR count). The normalized spacial score (nSPS) is 26.8. The molecule has 0 aliphatic heterocycles. The maximum Gasteiger partial charge on any atom is 0.168 e. The van der Waals surface area contributed by atoms with E-state index in [1.165, 1.54) is 0 Å². The van der Waals surface area contributed by atoms with Crippen LogP contribution in [0.2, 0.25) is 0 Å². The summed E-state index contributed by atoms with van der Waals surface area (Å²) in [5, 5.41) is 8.54. The molecule has 1 aromatic carbocycles. The number of benzene rings is 1. The zero-order chi connectivity index (χ0) is 8.60. The van der Waals surface area contributed by atoms with Gasteiger partial charge in [0.2, 0.25) is 0 Å². The summed E-state index contributed by atoms with van der Waals surface area (Å²) in [5.41, 5.74) is 1.80. The molecule has 0 fully saturated rings. The molecular weight excluding hydrogens is 172 g/mol. The van der Waals surface area contributed by atoms with E-state index < -0.39 is 5.06 Å². The topological polar surface area (TPSA) is 20.2 Å². The van der Waals surface area contributed by atoms with Crippen molar-refractivity contribution in [1.29, 1.82) is 0 Å². The van der Waals surface area contributed by atoms with Crippen LogP contribution in [0, 0.1) is 0 Å². The van der Waals surface area contributed by atoms with Crippen LogP contribution >= 0.6 is 11.6 Å². The molecule has 1 aliphatic carbocycles. The van der Waals surface area contributed by atoms with Gasteiger partial charge in [-0.15, -0.1) is 0 Å². The minimum atomic E-state index is -1.20. The molecule has 2 heteroatoms. The highest BCUT2D eigenvalue weighted by Gasteiger charge is 2.28. The van der Waals surface area contributed by atoms with Crippen molar-refractivity contribution in [2.75, 3.05) is 0 Å². The van der Waals surface area contributed by atoms with Crippen LogP contribution in [0.15, 0.2) is 30.3 Å². The van der Waals surface area contributed by atoms with E-state index in [0.717, 1.165) is 11.1 Å². The maximum atomic E-state index is 9.74. The monoisotopic (exact) mass is 180 g/mol. The number of fused-ring (bicyclic) bond motifs is 1. The fraction of sp³-hybridized carbons (Fsp3) is 0.200. The van der Waals surface area contributed by atoms with Gasteiger partial charge in [-0.3, -0.25) is 0 Å². The molecule has 12 heavy (non-hydrogen) atoms. The van der Waals surface area contributed by atoms with Crippen LogP contribution in [0.4, 0.5) is 0 Å². The Labute approximate surface area is 76.3 Å². The van der Waals surface area contributed by atoms with Gasteiger partial charge in [0.25, 0.3) is 0 Å². The van der Waals surface area contributed by atoms with Gasteiger partial charge < -0.3 is 5.11 Å². The van der Waals surface area contributed by atoms with Gasteiger partial charge in [-0.25, -0.2) is 0 Å². The Kier molecular flexibility index (Phi) is 1.71. The van der Waals surface area contributed by atoms with Gasteiger partial charge in [0.15, 0.2) is 5.06 Å². The van der Waals surface area contributed by atoms with E-state index in [9.17, 15) is 5.11 Å². The van der Waals surface area contributed by atoms with Gasteiger partial charge in [-0.1, -0.05) is 48.0 Å². The molecule has 0 saturated carbocycles. The largest absolute Gasteiger partial charge is 0.370 e. The summed E-state index contributed by atoms with van der Waals surface area (Å²) in [6.45, 7) is 0. The van der Waals surface area contributed by atoms with Crippen LogP contribution in [0.5, 0.6) is 0 Å². The van der Waals surface area contributed by atoms with Crippen molar-refractivity contribution in [3.05, 3.63) is 41.5 Å². The van der Waals surface area contributed by atoms with Crippen LogP contribution in [0.1, 0.15) is 17.5 Å². The first-order chi connectivity index (χ1) is 5.70. The molecule has 1 atom stereocenters. The second-order valence-electron chi connectivity index (χ2n) is 2.95. The molecule has 62 valence electrons. The predicted octanol–water partition coefficient (Wildman–Crippen LogP) is 2.49. The molecule has 0 radical (unpaired) electrons. The highest BCUT2D eigenvalue weighted by molar-refractivity contribution is 6.23. The van der Waals surface area contributed by atoms with Gasteiger partial charge in [0.05, 0.1) is 0 Å². The first-order valence-corrected chi connectivity index (χ1v) is 4.25. The molecule has 0 bridgehead atoms. The Balaban J connectivity index is 2.60. The lowest BCUT2D eigenvalue weighted by atomic mass is 9.94. The number of hydrogen-bond acceptors (Lipinski definition) is 1. The second kappa shape index (κ2) is 2.61. The number of rotatable bonds is 0. The lowest BCUT2D eigenvalue weighted by Gasteiger charge is -2.24. The average molecular weight is 181 g/mol. The summed E-state index contributed by atoms with van der Waals surface area (Å²) in [6, 6.07) is 7.61. The number of hydrogen-bond donors (Lipinski definition) is 1. The third-order valence-electron chi connectivity index (χ3n) is 2.06. The molecule has 1 N–H and O–H groups in total. The Hall–Kier alpha value is -0.790. The summed E-state index contributed by atoms with van der Waals surface area (Å²) in [5.74, 6) is 0. The smallest absolute Gasteiger partial charge is 0.168 e. The molecule has 1 aromatic rings. The fourth-order valence-electron chi connectivity index (χ4n) is 1.44. The van der Waals surface area contributed by atoms with Gasteiger partial charge in [0.1, 0.15) is 0 Å². The molecule has 0 heterocycles. The summed E-state index contributed by atoms with van der Waals surface area (Å²) >= 11 is 5.91. The van der Waals surface area contributed by atoms with Crippen molar-refractivity contribution in [1.82, 2.24) is 0 Å². The summed E-state index contributed by atoms with van der Waals surface area (Å²) in [4.78, 5) is 0. The minimum Gasteiger partial charge on any atom is -0.370 e. The zero-order valence-electron chi connectivity index (χ0n) is 6.50.